The molecule has 2 amide bonds. The van der Waals surface area contributed by atoms with Crippen LogP contribution in [-0.2, 0) is 4.79 Å². The van der Waals surface area contributed by atoms with Crippen molar-refractivity contribution in [2.45, 2.75) is 45.2 Å². The molecule has 0 saturated carbocycles. The first-order chi connectivity index (χ1) is 8.04. The predicted octanol–water partition coefficient (Wildman–Crippen LogP) is 1.39. The van der Waals surface area contributed by atoms with Crippen LogP contribution >= 0.6 is 0 Å². The summed E-state index contributed by atoms with van der Waals surface area (Å²) in [5.41, 5.74) is 0. The number of hydrogen-bond donors (Lipinski definition) is 1. The van der Waals surface area contributed by atoms with Gasteiger partial charge in [-0.25, -0.2) is 4.79 Å². The van der Waals surface area contributed by atoms with Crippen molar-refractivity contribution in [3.05, 3.63) is 0 Å². The number of aliphatic carboxylic acids is 1. The summed E-state index contributed by atoms with van der Waals surface area (Å²) in [6.45, 7) is 4.91. The van der Waals surface area contributed by atoms with E-state index in [0.29, 0.717) is 19.1 Å². The number of nitrogens with zero attached hydrogens (tertiary/aromatic N) is 2. The van der Waals surface area contributed by atoms with Gasteiger partial charge in [0.05, 0.1) is 5.92 Å². The number of urea groups is 1. The highest BCUT2D eigenvalue weighted by molar-refractivity contribution is 5.80. The highest BCUT2D eigenvalue weighted by atomic mass is 16.4. The molecule has 0 radical (unpaired) electrons. The summed E-state index contributed by atoms with van der Waals surface area (Å²) in [5, 5.41) is 8.80. The Morgan fingerprint density at radius 1 is 1.29 bits per heavy atom. The lowest BCUT2D eigenvalue weighted by Crippen LogP contribution is -2.58. The summed E-state index contributed by atoms with van der Waals surface area (Å²) in [7, 11) is 0. The van der Waals surface area contributed by atoms with Crippen LogP contribution in [0.2, 0.25) is 0 Å². The molecular weight excluding hydrogens is 220 g/mol. The minimum absolute atomic E-state index is 0.0272. The van der Waals surface area contributed by atoms with Gasteiger partial charge in [-0.05, 0) is 26.2 Å². The lowest BCUT2D eigenvalue weighted by Gasteiger charge is -2.41. The predicted molar refractivity (Wildman–Crippen MR) is 62.7 cm³/mol. The number of amides is 2. The first-order valence-corrected chi connectivity index (χ1v) is 6.34. The molecule has 2 aliphatic rings. The van der Waals surface area contributed by atoms with Crippen molar-refractivity contribution in [3.8, 4) is 0 Å². The molecule has 2 atom stereocenters. The van der Waals surface area contributed by atoms with Crippen LogP contribution in [0.3, 0.4) is 0 Å². The number of carboxylic acid groups (broad SMARTS) is 1. The molecule has 0 aromatic carbocycles. The Labute approximate surface area is 101 Å². The molecule has 2 saturated heterocycles. The van der Waals surface area contributed by atoms with Gasteiger partial charge in [0.15, 0.2) is 0 Å². The molecule has 2 fully saturated rings. The second-order valence-electron chi connectivity index (χ2n) is 5.12. The Bertz CT molecular complexity index is 326. The van der Waals surface area contributed by atoms with E-state index in [-0.39, 0.29) is 18.0 Å². The molecule has 0 aliphatic carbocycles. The molecular formula is C12H20N2O3. The average molecular weight is 240 g/mol. The molecule has 1 N–H and O–H groups in total. The van der Waals surface area contributed by atoms with Crippen LogP contribution in [-0.4, -0.2) is 52.1 Å². The maximum Gasteiger partial charge on any atom is 0.320 e. The summed E-state index contributed by atoms with van der Waals surface area (Å²) < 4.78 is 0. The number of likely N-dealkylation sites (tertiary alicyclic amines) is 2. The minimum atomic E-state index is -0.796. The van der Waals surface area contributed by atoms with E-state index in [2.05, 4.69) is 13.8 Å². The molecule has 17 heavy (non-hydrogen) atoms. The third kappa shape index (κ3) is 2.10. The van der Waals surface area contributed by atoms with Gasteiger partial charge in [0.1, 0.15) is 0 Å². The Morgan fingerprint density at radius 2 is 1.94 bits per heavy atom. The van der Waals surface area contributed by atoms with Gasteiger partial charge in [0.25, 0.3) is 0 Å². The minimum Gasteiger partial charge on any atom is -0.481 e. The molecule has 0 spiro atoms. The van der Waals surface area contributed by atoms with Crippen LogP contribution in [0.1, 0.15) is 33.1 Å². The van der Waals surface area contributed by atoms with Gasteiger partial charge < -0.3 is 14.9 Å². The Hall–Kier alpha value is -1.26. The lowest BCUT2D eigenvalue weighted by atomic mass is 10.0. The molecule has 2 aliphatic heterocycles. The fourth-order valence-electron chi connectivity index (χ4n) is 2.77. The SMILES string of the molecule is CCC1CCC(C)N1C(=O)N1CC(C(=O)O)C1. The number of carbonyl (C=O) groups excluding carboxylic acids is 1. The summed E-state index contributed by atoms with van der Waals surface area (Å²) in [6.07, 6.45) is 3.10. The van der Waals surface area contributed by atoms with E-state index >= 15 is 0 Å². The van der Waals surface area contributed by atoms with Crippen molar-refractivity contribution in [1.29, 1.82) is 0 Å². The molecule has 5 nitrogen and oxygen atoms in total. The Kier molecular flexibility index (Phi) is 3.26. The van der Waals surface area contributed by atoms with E-state index in [4.69, 9.17) is 5.11 Å². The molecule has 2 rings (SSSR count). The Morgan fingerprint density at radius 3 is 2.47 bits per heavy atom. The van der Waals surface area contributed by atoms with Crippen LogP contribution in [0.5, 0.6) is 0 Å². The largest absolute Gasteiger partial charge is 0.481 e. The Balaban J connectivity index is 1.94. The topological polar surface area (TPSA) is 60.9 Å². The van der Waals surface area contributed by atoms with Gasteiger partial charge in [0.2, 0.25) is 0 Å². The number of rotatable bonds is 2. The molecule has 2 heterocycles. The van der Waals surface area contributed by atoms with Crippen LogP contribution < -0.4 is 0 Å². The van der Waals surface area contributed by atoms with E-state index < -0.39 is 5.97 Å². The third-order valence-electron chi connectivity index (χ3n) is 3.98. The van der Waals surface area contributed by atoms with E-state index in [1.165, 1.54) is 0 Å². The van der Waals surface area contributed by atoms with Gasteiger partial charge in [-0.2, -0.15) is 0 Å². The quantitative estimate of drug-likeness (QED) is 0.793. The van der Waals surface area contributed by atoms with Gasteiger partial charge in [-0.3, -0.25) is 4.79 Å². The zero-order valence-corrected chi connectivity index (χ0v) is 10.4. The maximum absolute atomic E-state index is 12.2. The fraction of sp³-hybridized carbons (Fsp3) is 0.833. The molecule has 0 bridgehead atoms. The van der Waals surface area contributed by atoms with Crippen LogP contribution in [0.4, 0.5) is 4.79 Å². The van der Waals surface area contributed by atoms with Crippen molar-refractivity contribution in [2.24, 2.45) is 5.92 Å². The van der Waals surface area contributed by atoms with Crippen molar-refractivity contribution >= 4 is 12.0 Å². The van der Waals surface area contributed by atoms with E-state index in [9.17, 15) is 9.59 Å². The molecule has 96 valence electrons. The van der Waals surface area contributed by atoms with Crippen LogP contribution in [0, 0.1) is 5.92 Å². The van der Waals surface area contributed by atoms with Gasteiger partial charge in [-0.15, -0.1) is 0 Å². The van der Waals surface area contributed by atoms with Gasteiger partial charge in [0, 0.05) is 25.2 Å². The smallest absolute Gasteiger partial charge is 0.320 e. The standard InChI is InChI=1S/C12H20N2O3/c1-3-10-5-4-8(2)14(10)12(17)13-6-9(7-13)11(15)16/h8-10H,3-7H2,1-2H3,(H,15,16). The fourth-order valence-corrected chi connectivity index (χ4v) is 2.77. The first kappa shape index (κ1) is 12.2. The lowest BCUT2D eigenvalue weighted by molar-refractivity contribution is -0.146. The first-order valence-electron chi connectivity index (χ1n) is 6.34. The molecule has 0 aromatic rings. The molecule has 2 unspecified atom stereocenters. The molecule has 0 aromatic heterocycles. The normalized spacial score (nSPS) is 29.3. The highest BCUT2D eigenvalue weighted by Gasteiger charge is 2.42. The average Bonchev–Trinajstić information content (AvgIpc) is 2.56. The van der Waals surface area contributed by atoms with Crippen molar-refractivity contribution in [2.75, 3.05) is 13.1 Å². The second kappa shape index (κ2) is 4.55. The highest BCUT2D eigenvalue weighted by Crippen LogP contribution is 2.29. The number of carboxylic acids is 1. The number of hydrogen-bond acceptors (Lipinski definition) is 2. The zero-order chi connectivity index (χ0) is 12.6. The van der Waals surface area contributed by atoms with Crippen molar-refractivity contribution in [1.82, 2.24) is 9.80 Å². The van der Waals surface area contributed by atoms with Crippen molar-refractivity contribution < 1.29 is 14.7 Å². The van der Waals surface area contributed by atoms with Crippen LogP contribution in [0.25, 0.3) is 0 Å². The maximum atomic E-state index is 12.2. The van der Waals surface area contributed by atoms with Gasteiger partial charge in [-0.1, -0.05) is 6.92 Å². The summed E-state index contributed by atoms with van der Waals surface area (Å²) in [5.74, 6) is -1.16. The second-order valence-corrected chi connectivity index (χ2v) is 5.12. The zero-order valence-electron chi connectivity index (χ0n) is 10.4. The summed E-state index contributed by atoms with van der Waals surface area (Å²) in [6, 6.07) is 0.650. The van der Waals surface area contributed by atoms with E-state index in [1.54, 1.807) is 4.90 Å². The van der Waals surface area contributed by atoms with E-state index in [1.807, 2.05) is 4.90 Å². The van der Waals surface area contributed by atoms with Crippen LogP contribution in [0.15, 0.2) is 0 Å². The van der Waals surface area contributed by atoms with Crippen molar-refractivity contribution in [3.63, 3.8) is 0 Å². The van der Waals surface area contributed by atoms with E-state index in [0.717, 1.165) is 19.3 Å². The number of carbonyl (C=O) groups is 2. The van der Waals surface area contributed by atoms with Gasteiger partial charge >= 0.3 is 12.0 Å². The monoisotopic (exact) mass is 240 g/mol. The molecule has 5 heteroatoms. The summed E-state index contributed by atoms with van der Waals surface area (Å²) >= 11 is 0. The third-order valence-corrected chi connectivity index (χ3v) is 3.98. The summed E-state index contributed by atoms with van der Waals surface area (Å²) in [4.78, 5) is 26.5.